The lowest BCUT2D eigenvalue weighted by Gasteiger charge is -2.00. The average molecular weight is 184 g/mol. The predicted molar refractivity (Wildman–Crippen MR) is 47.4 cm³/mol. The van der Waals surface area contributed by atoms with Gasteiger partial charge in [-0.2, -0.15) is 5.10 Å². The zero-order chi connectivity index (χ0) is 9.84. The van der Waals surface area contributed by atoms with Crippen molar-refractivity contribution in [1.29, 1.82) is 0 Å². The number of carbonyl (C=O) groups excluding carboxylic acids is 1. The molecule has 1 aromatic rings. The van der Waals surface area contributed by atoms with Crippen molar-refractivity contribution in [1.82, 2.24) is 9.78 Å². The molecule has 0 saturated carbocycles. The highest BCUT2D eigenvalue weighted by Crippen LogP contribution is 2.02. The van der Waals surface area contributed by atoms with Gasteiger partial charge in [-0.3, -0.25) is 9.48 Å². The number of ketones is 1. The molecule has 1 rings (SSSR count). The number of hydrogen-bond acceptors (Lipinski definition) is 2. The Bertz CT molecular complexity index is 294. The predicted octanol–water partition coefficient (Wildman–Crippen LogP) is 1.83. The Morgan fingerprint density at radius 1 is 1.77 bits per heavy atom. The summed E-state index contributed by atoms with van der Waals surface area (Å²) in [7, 11) is 0. The fourth-order valence-electron chi connectivity index (χ4n) is 0.978. The highest BCUT2D eigenvalue weighted by atomic mass is 19.1. The van der Waals surface area contributed by atoms with Crippen molar-refractivity contribution in [2.24, 2.45) is 0 Å². The first kappa shape index (κ1) is 9.89. The van der Waals surface area contributed by atoms with Crippen molar-refractivity contribution < 1.29 is 9.18 Å². The van der Waals surface area contributed by atoms with E-state index >= 15 is 0 Å². The van der Waals surface area contributed by atoms with Crippen LogP contribution in [-0.4, -0.2) is 21.7 Å². The summed E-state index contributed by atoms with van der Waals surface area (Å²) >= 11 is 0. The number of aromatic nitrogens is 2. The van der Waals surface area contributed by atoms with Gasteiger partial charge in [-0.05, 0) is 20.3 Å². The lowest BCUT2D eigenvalue weighted by atomic mass is 10.3. The molecular weight excluding hydrogens is 171 g/mol. The fraction of sp³-hybridized carbons (Fsp3) is 0.556. The van der Waals surface area contributed by atoms with Crippen LogP contribution in [0.3, 0.4) is 0 Å². The van der Waals surface area contributed by atoms with Crippen molar-refractivity contribution in [2.45, 2.75) is 33.0 Å². The van der Waals surface area contributed by atoms with E-state index in [0.717, 1.165) is 0 Å². The first-order valence-electron chi connectivity index (χ1n) is 4.27. The van der Waals surface area contributed by atoms with Crippen LogP contribution in [0.25, 0.3) is 0 Å². The maximum absolute atomic E-state index is 12.4. The second-order valence-corrected chi connectivity index (χ2v) is 3.12. The zero-order valence-electron chi connectivity index (χ0n) is 7.83. The number of aryl methyl sites for hydroxylation is 1. The molecule has 0 aliphatic heterocycles. The van der Waals surface area contributed by atoms with Gasteiger partial charge in [-0.25, -0.2) is 4.39 Å². The van der Waals surface area contributed by atoms with E-state index in [1.165, 1.54) is 20.0 Å². The van der Waals surface area contributed by atoms with Crippen LogP contribution in [0.5, 0.6) is 0 Å². The van der Waals surface area contributed by atoms with Gasteiger partial charge < -0.3 is 0 Å². The minimum atomic E-state index is -0.829. The van der Waals surface area contributed by atoms with Gasteiger partial charge in [0.05, 0.1) is 17.9 Å². The lowest BCUT2D eigenvalue weighted by molar-refractivity contribution is 0.101. The Hall–Kier alpha value is -1.19. The number of rotatable bonds is 4. The van der Waals surface area contributed by atoms with Crippen molar-refractivity contribution >= 4 is 5.78 Å². The van der Waals surface area contributed by atoms with E-state index < -0.39 is 6.17 Å². The maximum Gasteiger partial charge on any atom is 0.162 e. The third-order valence-electron chi connectivity index (χ3n) is 1.80. The van der Waals surface area contributed by atoms with Gasteiger partial charge >= 0.3 is 0 Å². The molecule has 0 N–H and O–H groups in total. The Morgan fingerprint density at radius 3 is 2.92 bits per heavy atom. The molecule has 0 spiro atoms. The van der Waals surface area contributed by atoms with Gasteiger partial charge in [-0.1, -0.05) is 0 Å². The Balaban J connectivity index is 2.54. The molecule has 0 aromatic carbocycles. The van der Waals surface area contributed by atoms with E-state index in [9.17, 15) is 9.18 Å². The summed E-state index contributed by atoms with van der Waals surface area (Å²) in [6, 6.07) is 0. The average Bonchev–Trinajstić information content (AvgIpc) is 2.48. The summed E-state index contributed by atoms with van der Waals surface area (Å²) in [5.74, 6) is -0.0143. The van der Waals surface area contributed by atoms with Crippen LogP contribution in [0.1, 0.15) is 30.6 Å². The second-order valence-electron chi connectivity index (χ2n) is 3.12. The molecule has 1 aromatic heterocycles. The zero-order valence-corrected chi connectivity index (χ0v) is 7.83. The van der Waals surface area contributed by atoms with Crippen LogP contribution < -0.4 is 0 Å². The third-order valence-corrected chi connectivity index (χ3v) is 1.80. The molecule has 3 nitrogen and oxygen atoms in total. The monoisotopic (exact) mass is 184 g/mol. The standard InChI is InChI=1S/C9H13FN2O/c1-7(10)3-4-12-6-9(5-11-12)8(2)13/h5-7H,3-4H2,1-2H3. The van der Waals surface area contributed by atoms with Gasteiger partial charge in [0, 0.05) is 12.7 Å². The highest BCUT2D eigenvalue weighted by molar-refractivity contribution is 5.93. The minimum Gasteiger partial charge on any atom is -0.294 e. The molecule has 0 aliphatic rings. The normalized spacial score (nSPS) is 12.8. The van der Waals surface area contributed by atoms with E-state index in [4.69, 9.17) is 0 Å². The number of hydrogen-bond donors (Lipinski definition) is 0. The van der Waals surface area contributed by atoms with Gasteiger partial charge in [0.2, 0.25) is 0 Å². The number of halogens is 1. The van der Waals surface area contributed by atoms with Gasteiger partial charge in [0.1, 0.15) is 0 Å². The van der Waals surface area contributed by atoms with E-state index in [1.54, 1.807) is 10.9 Å². The summed E-state index contributed by atoms with van der Waals surface area (Å²) in [5.41, 5.74) is 0.575. The fourth-order valence-corrected chi connectivity index (χ4v) is 0.978. The summed E-state index contributed by atoms with van der Waals surface area (Å²) < 4.78 is 14.0. The minimum absolute atomic E-state index is 0.0143. The number of nitrogens with zero attached hydrogens (tertiary/aromatic N) is 2. The van der Waals surface area contributed by atoms with Crippen LogP contribution in [0, 0.1) is 0 Å². The van der Waals surface area contributed by atoms with E-state index in [1.807, 2.05) is 0 Å². The number of Topliss-reactive ketones (excluding diaryl/α,β-unsaturated/α-hetero) is 1. The number of alkyl halides is 1. The molecule has 13 heavy (non-hydrogen) atoms. The second kappa shape index (κ2) is 4.16. The van der Waals surface area contributed by atoms with Crippen molar-refractivity contribution in [3.05, 3.63) is 18.0 Å². The molecule has 0 amide bonds. The topological polar surface area (TPSA) is 34.9 Å². The lowest BCUT2D eigenvalue weighted by Crippen LogP contribution is -2.03. The summed E-state index contributed by atoms with van der Waals surface area (Å²) in [4.78, 5) is 10.9. The summed E-state index contributed by atoms with van der Waals surface area (Å²) in [6.45, 7) is 3.51. The molecule has 72 valence electrons. The van der Waals surface area contributed by atoms with Crippen LogP contribution >= 0.6 is 0 Å². The smallest absolute Gasteiger partial charge is 0.162 e. The van der Waals surface area contributed by atoms with Crippen LogP contribution in [-0.2, 0) is 6.54 Å². The van der Waals surface area contributed by atoms with E-state index in [-0.39, 0.29) is 5.78 Å². The Kier molecular flexibility index (Phi) is 3.17. The third kappa shape index (κ3) is 2.97. The number of carbonyl (C=O) groups is 1. The van der Waals surface area contributed by atoms with Crippen molar-refractivity contribution in [3.8, 4) is 0 Å². The summed E-state index contributed by atoms with van der Waals surface area (Å²) in [5, 5.41) is 3.94. The first-order valence-corrected chi connectivity index (χ1v) is 4.27. The van der Waals surface area contributed by atoms with E-state index in [0.29, 0.717) is 18.5 Å². The highest BCUT2D eigenvalue weighted by Gasteiger charge is 2.04. The Labute approximate surface area is 76.6 Å². The van der Waals surface area contributed by atoms with Crippen LogP contribution in [0.2, 0.25) is 0 Å². The Morgan fingerprint density at radius 2 is 2.46 bits per heavy atom. The van der Waals surface area contributed by atoms with Crippen LogP contribution in [0.4, 0.5) is 4.39 Å². The molecular formula is C9H13FN2O. The molecule has 0 aliphatic carbocycles. The molecule has 1 atom stereocenters. The molecule has 0 radical (unpaired) electrons. The first-order chi connectivity index (χ1) is 6.09. The SMILES string of the molecule is CC(=O)c1cnn(CCC(C)F)c1. The molecule has 0 saturated heterocycles. The van der Waals surface area contributed by atoms with Gasteiger partial charge in [0.25, 0.3) is 0 Å². The van der Waals surface area contributed by atoms with Gasteiger partial charge in [0.15, 0.2) is 5.78 Å². The van der Waals surface area contributed by atoms with E-state index in [2.05, 4.69) is 5.10 Å². The van der Waals surface area contributed by atoms with Gasteiger partial charge in [-0.15, -0.1) is 0 Å². The van der Waals surface area contributed by atoms with Crippen molar-refractivity contribution in [2.75, 3.05) is 0 Å². The molecule has 0 bridgehead atoms. The molecule has 1 unspecified atom stereocenters. The van der Waals surface area contributed by atoms with Crippen molar-refractivity contribution in [3.63, 3.8) is 0 Å². The molecule has 1 heterocycles. The quantitative estimate of drug-likeness (QED) is 0.669. The largest absolute Gasteiger partial charge is 0.294 e. The van der Waals surface area contributed by atoms with Crippen LogP contribution in [0.15, 0.2) is 12.4 Å². The summed E-state index contributed by atoms with van der Waals surface area (Å²) in [6.07, 6.45) is 2.75. The maximum atomic E-state index is 12.4. The molecule has 0 fully saturated rings. The molecule has 4 heteroatoms.